The molecule has 1 aliphatic rings. The first kappa shape index (κ1) is 23.9. The van der Waals surface area contributed by atoms with E-state index in [1.54, 1.807) is 0 Å². The van der Waals surface area contributed by atoms with E-state index in [2.05, 4.69) is 4.72 Å². The molecule has 1 aromatic carbocycles. The Kier molecular flexibility index (Phi) is 7.57. The van der Waals surface area contributed by atoms with Gasteiger partial charge < -0.3 is 5.73 Å². The number of nitrogens with one attached hydrogen (secondary N) is 1. The van der Waals surface area contributed by atoms with Gasteiger partial charge in [0, 0.05) is 24.7 Å². The zero-order chi connectivity index (χ0) is 22.0. The fourth-order valence-corrected chi connectivity index (χ4v) is 4.06. The van der Waals surface area contributed by atoms with Gasteiger partial charge in [-0.3, -0.25) is 4.90 Å². The first-order valence-corrected chi connectivity index (χ1v) is 10.8. The predicted octanol–water partition coefficient (Wildman–Crippen LogP) is 2.31. The number of halogens is 6. The number of sulfonamides is 1. The SMILES string of the molecule is CS(=O)(=O)NCC1CCCN1C(CC(N)Cc1cc(F)c(F)cc1F)C(F)(F)F. The second-order valence-electron chi connectivity index (χ2n) is 7.27. The third kappa shape index (κ3) is 6.83. The molecule has 1 saturated heterocycles. The average molecular weight is 447 g/mol. The maximum atomic E-state index is 13.8. The van der Waals surface area contributed by atoms with Crippen LogP contribution in [0.3, 0.4) is 0 Å². The van der Waals surface area contributed by atoms with E-state index in [1.165, 1.54) is 0 Å². The molecule has 0 radical (unpaired) electrons. The topological polar surface area (TPSA) is 75.4 Å². The normalized spacial score (nSPS) is 20.8. The van der Waals surface area contributed by atoms with E-state index < -0.39 is 64.6 Å². The van der Waals surface area contributed by atoms with Crippen LogP contribution in [0.2, 0.25) is 0 Å². The molecule has 0 bridgehead atoms. The van der Waals surface area contributed by atoms with Crippen molar-refractivity contribution >= 4 is 10.0 Å². The zero-order valence-corrected chi connectivity index (χ0v) is 16.5. The molecule has 3 unspecified atom stereocenters. The van der Waals surface area contributed by atoms with Crippen LogP contribution < -0.4 is 10.5 Å². The lowest BCUT2D eigenvalue weighted by Gasteiger charge is -2.35. The Morgan fingerprint density at radius 3 is 2.41 bits per heavy atom. The van der Waals surface area contributed by atoms with Gasteiger partial charge in [0.2, 0.25) is 10.0 Å². The molecule has 0 amide bonds. The van der Waals surface area contributed by atoms with Crippen LogP contribution in [0.25, 0.3) is 0 Å². The first-order chi connectivity index (χ1) is 13.3. The molecule has 1 aliphatic heterocycles. The smallest absolute Gasteiger partial charge is 0.327 e. The molecule has 1 aromatic rings. The van der Waals surface area contributed by atoms with E-state index in [0.717, 1.165) is 11.2 Å². The minimum absolute atomic E-state index is 0.104. The summed E-state index contributed by atoms with van der Waals surface area (Å²) in [6, 6.07) is -2.90. The molecule has 29 heavy (non-hydrogen) atoms. The lowest BCUT2D eigenvalue weighted by molar-refractivity contribution is -0.188. The molecule has 166 valence electrons. The highest BCUT2D eigenvalue weighted by Crippen LogP contribution is 2.33. The van der Waals surface area contributed by atoms with Crippen LogP contribution in [-0.4, -0.2) is 57.0 Å². The van der Waals surface area contributed by atoms with Crippen LogP contribution in [0.1, 0.15) is 24.8 Å². The molecular weight excluding hydrogens is 424 g/mol. The van der Waals surface area contributed by atoms with Crippen molar-refractivity contribution in [2.75, 3.05) is 19.3 Å². The molecule has 1 fully saturated rings. The van der Waals surface area contributed by atoms with Crippen molar-refractivity contribution in [1.82, 2.24) is 9.62 Å². The van der Waals surface area contributed by atoms with Gasteiger partial charge in [0.05, 0.1) is 6.26 Å². The van der Waals surface area contributed by atoms with Crippen LogP contribution in [0.15, 0.2) is 12.1 Å². The summed E-state index contributed by atoms with van der Waals surface area (Å²) in [5, 5.41) is 0. The van der Waals surface area contributed by atoms with Crippen LogP contribution in [0.5, 0.6) is 0 Å². The van der Waals surface area contributed by atoms with Gasteiger partial charge in [0.25, 0.3) is 0 Å². The number of likely N-dealkylation sites (tertiary alicyclic amines) is 1. The summed E-state index contributed by atoms with van der Waals surface area (Å²) in [5.41, 5.74) is 5.48. The van der Waals surface area contributed by atoms with Crippen molar-refractivity contribution in [2.24, 2.45) is 5.73 Å². The molecule has 3 atom stereocenters. The number of alkyl halides is 3. The third-order valence-electron chi connectivity index (χ3n) is 4.88. The van der Waals surface area contributed by atoms with Crippen LogP contribution in [0.4, 0.5) is 26.3 Å². The first-order valence-electron chi connectivity index (χ1n) is 8.94. The standard InChI is InChI=1S/C17H23F6N3O2S/c1-29(27,28)25-9-12-3-2-4-26(12)16(17(21,22)23)7-11(24)5-10-6-14(19)15(20)8-13(10)18/h6,8,11-12,16,25H,2-5,7,9,24H2,1H3. The molecule has 1 heterocycles. The quantitative estimate of drug-likeness (QED) is 0.474. The average Bonchev–Trinajstić information content (AvgIpc) is 3.02. The van der Waals surface area contributed by atoms with Gasteiger partial charge in [-0.05, 0) is 43.9 Å². The molecule has 0 saturated carbocycles. The van der Waals surface area contributed by atoms with Gasteiger partial charge in [-0.2, -0.15) is 13.2 Å². The summed E-state index contributed by atoms with van der Waals surface area (Å²) in [6.45, 7) is -0.0645. The van der Waals surface area contributed by atoms with Crippen LogP contribution in [-0.2, 0) is 16.4 Å². The lowest BCUT2D eigenvalue weighted by atomic mass is 9.98. The second kappa shape index (κ2) is 9.19. The Morgan fingerprint density at radius 2 is 1.83 bits per heavy atom. The zero-order valence-electron chi connectivity index (χ0n) is 15.6. The Balaban J connectivity index is 2.13. The Labute approximate surface area is 165 Å². The third-order valence-corrected chi connectivity index (χ3v) is 5.57. The molecule has 2 rings (SSSR count). The summed E-state index contributed by atoms with van der Waals surface area (Å²) in [4.78, 5) is 1.15. The Bertz CT molecular complexity index is 818. The fourth-order valence-electron chi connectivity index (χ4n) is 3.56. The number of rotatable bonds is 8. The molecule has 0 aromatic heterocycles. The highest BCUT2D eigenvalue weighted by Gasteiger charge is 2.47. The summed E-state index contributed by atoms with van der Waals surface area (Å²) in [7, 11) is -3.56. The van der Waals surface area contributed by atoms with Gasteiger partial charge in [0.1, 0.15) is 11.9 Å². The van der Waals surface area contributed by atoms with Crippen LogP contribution >= 0.6 is 0 Å². The maximum Gasteiger partial charge on any atom is 0.404 e. The number of hydrogen-bond acceptors (Lipinski definition) is 4. The fraction of sp³-hybridized carbons (Fsp3) is 0.647. The van der Waals surface area contributed by atoms with E-state index in [4.69, 9.17) is 5.73 Å². The van der Waals surface area contributed by atoms with Gasteiger partial charge in [-0.25, -0.2) is 26.3 Å². The summed E-state index contributed by atoms with van der Waals surface area (Å²) in [6.07, 6.45) is -3.91. The minimum atomic E-state index is -4.65. The molecule has 12 heteroatoms. The Morgan fingerprint density at radius 1 is 1.21 bits per heavy atom. The van der Waals surface area contributed by atoms with Crippen molar-refractivity contribution in [2.45, 2.75) is 50.0 Å². The van der Waals surface area contributed by atoms with Crippen molar-refractivity contribution < 1.29 is 34.8 Å². The maximum absolute atomic E-state index is 13.8. The number of nitrogens with two attached hydrogens (primary N) is 1. The number of benzene rings is 1. The predicted molar refractivity (Wildman–Crippen MR) is 95.0 cm³/mol. The van der Waals surface area contributed by atoms with E-state index in [0.29, 0.717) is 25.0 Å². The van der Waals surface area contributed by atoms with Crippen molar-refractivity contribution in [3.63, 3.8) is 0 Å². The molecule has 0 spiro atoms. The van der Waals surface area contributed by atoms with Gasteiger partial charge >= 0.3 is 6.18 Å². The van der Waals surface area contributed by atoms with E-state index >= 15 is 0 Å². The van der Waals surface area contributed by atoms with E-state index in [-0.39, 0.29) is 18.7 Å². The minimum Gasteiger partial charge on any atom is -0.327 e. The van der Waals surface area contributed by atoms with Crippen molar-refractivity contribution in [3.05, 3.63) is 35.1 Å². The van der Waals surface area contributed by atoms with Gasteiger partial charge in [-0.1, -0.05) is 0 Å². The molecular formula is C17H23F6N3O2S. The summed E-state index contributed by atoms with van der Waals surface area (Å²) < 4.78 is 106. The van der Waals surface area contributed by atoms with E-state index in [1.807, 2.05) is 0 Å². The lowest BCUT2D eigenvalue weighted by Crippen LogP contribution is -2.53. The summed E-state index contributed by atoms with van der Waals surface area (Å²) >= 11 is 0. The Hall–Kier alpha value is -1.37. The number of hydrogen-bond donors (Lipinski definition) is 2. The van der Waals surface area contributed by atoms with Gasteiger partial charge in [-0.15, -0.1) is 0 Å². The van der Waals surface area contributed by atoms with Gasteiger partial charge in [0.15, 0.2) is 11.6 Å². The van der Waals surface area contributed by atoms with Crippen molar-refractivity contribution in [1.29, 1.82) is 0 Å². The number of nitrogens with zero attached hydrogens (tertiary/aromatic N) is 1. The molecule has 0 aliphatic carbocycles. The van der Waals surface area contributed by atoms with Crippen molar-refractivity contribution in [3.8, 4) is 0 Å². The second-order valence-corrected chi connectivity index (χ2v) is 9.10. The monoisotopic (exact) mass is 447 g/mol. The highest BCUT2D eigenvalue weighted by atomic mass is 32.2. The highest BCUT2D eigenvalue weighted by molar-refractivity contribution is 7.88. The molecule has 5 nitrogen and oxygen atoms in total. The summed E-state index contributed by atoms with van der Waals surface area (Å²) in [5.74, 6) is -3.79. The molecule has 3 N–H and O–H groups in total. The van der Waals surface area contributed by atoms with E-state index in [9.17, 15) is 34.8 Å². The van der Waals surface area contributed by atoms with Crippen LogP contribution in [0, 0.1) is 17.5 Å². The largest absolute Gasteiger partial charge is 0.404 e.